The van der Waals surface area contributed by atoms with Crippen molar-refractivity contribution in [2.75, 3.05) is 6.54 Å². The van der Waals surface area contributed by atoms with Crippen LogP contribution in [0, 0.1) is 18.6 Å². The van der Waals surface area contributed by atoms with Crippen molar-refractivity contribution in [2.45, 2.75) is 26.3 Å². The fraction of sp³-hybridized carbons (Fsp3) is 0.294. The smallest absolute Gasteiger partial charge is 0.130 e. The Balaban J connectivity index is 2.35. The van der Waals surface area contributed by atoms with Gasteiger partial charge in [0.05, 0.1) is 0 Å². The molecule has 0 aliphatic carbocycles. The van der Waals surface area contributed by atoms with Crippen molar-refractivity contribution in [3.63, 3.8) is 0 Å². The minimum absolute atomic E-state index is 0.123. The summed E-state index contributed by atoms with van der Waals surface area (Å²) in [6, 6.07) is 11.6. The zero-order chi connectivity index (χ0) is 14.5. The van der Waals surface area contributed by atoms with Crippen molar-refractivity contribution in [1.29, 1.82) is 0 Å². The highest BCUT2D eigenvalue weighted by atomic mass is 19.1. The monoisotopic (exact) mass is 275 g/mol. The van der Waals surface area contributed by atoms with Gasteiger partial charge in [-0.2, -0.15) is 0 Å². The number of likely N-dealkylation sites (N-methyl/N-ethyl adjacent to an activating group) is 1. The predicted molar refractivity (Wildman–Crippen MR) is 77.7 cm³/mol. The molecule has 0 radical (unpaired) electrons. The SMILES string of the molecule is CCNC(Cc1ccccc1C)c1c(F)cccc1F. The Kier molecular flexibility index (Phi) is 4.85. The van der Waals surface area contributed by atoms with E-state index < -0.39 is 11.6 Å². The molecule has 0 aliphatic heterocycles. The molecule has 1 nitrogen and oxygen atoms in total. The van der Waals surface area contributed by atoms with Gasteiger partial charge in [0, 0.05) is 11.6 Å². The number of benzene rings is 2. The van der Waals surface area contributed by atoms with Crippen LogP contribution in [0.3, 0.4) is 0 Å². The van der Waals surface area contributed by atoms with E-state index in [1.54, 1.807) is 0 Å². The Morgan fingerprint density at radius 1 is 1.00 bits per heavy atom. The van der Waals surface area contributed by atoms with Crippen LogP contribution in [0.25, 0.3) is 0 Å². The highest BCUT2D eigenvalue weighted by molar-refractivity contribution is 5.30. The van der Waals surface area contributed by atoms with E-state index in [4.69, 9.17) is 0 Å². The highest BCUT2D eigenvalue weighted by Gasteiger charge is 2.20. The van der Waals surface area contributed by atoms with Gasteiger partial charge >= 0.3 is 0 Å². The maximum absolute atomic E-state index is 13.9. The van der Waals surface area contributed by atoms with Crippen molar-refractivity contribution in [3.8, 4) is 0 Å². The lowest BCUT2D eigenvalue weighted by molar-refractivity contribution is 0.472. The summed E-state index contributed by atoms with van der Waals surface area (Å²) >= 11 is 0. The van der Waals surface area contributed by atoms with E-state index in [1.807, 2.05) is 38.1 Å². The average molecular weight is 275 g/mol. The van der Waals surface area contributed by atoms with Gasteiger partial charge in [-0.1, -0.05) is 37.3 Å². The lowest BCUT2D eigenvalue weighted by atomic mass is 9.95. The molecule has 0 fully saturated rings. The first kappa shape index (κ1) is 14.7. The molecular formula is C17H19F2N. The molecule has 1 N–H and O–H groups in total. The van der Waals surface area contributed by atoms with Crippen LogP contribution >= 0.6 is 0 Å². The van der Waals surface area contributed by atoms with Gasteiger partial charge in [-0.05, 0) is 43.1 Å². The van der Waals surface area contributed by atoms with E-state index in [0.29, 0.717) is 13.0 Å². The molecule has 1 unspecified atom stereocenters. The molecule has 0 heterocycles. The molecule has 0 amide bonds. The van der Waals surface area contributed by atoms with Crippen LogP contribution in [0.4, 0.5) is 8.78 Å². The minimum atomic E-state index is -0.496. The molecular weight excluding hydrogens is 256 g/mol. The van der Waals surface area contributed by atoms with Crippen LogP contribution in [0.1, 0.15) is 29.7 Å². The molecule has 2 aromatic rings. The highest BCUT2D eigenvalue weighted by Crippen LogP contribution is 2.25. The molecule has 1 atom stereocenters. The fourth-order valence-electron chi connectivity index (χ4n) is 2.43. The molecule has 0 aliphatic rings. The molecule has 3 heteroatoms. The second kappa shape index (κ2) is 6.62. The summed E-state index contributed by atoms with van der Waals surface area (Å²) in [5, 5.41) is 3.18. The first-order valence-electron chi connectivity index (χ1n) is 6.85. The van der Waals surface area contributed by atoms with Gasteiger partial charge in [-0.15, -0.1) is 0 Å². The quantitative estimate of drug-likeness (QED) is 0.863. The summed E-state index contributed by atoms with van der Waals surface area (Å²) in [6.45, 7) is 4.60. The molecule has 0 bridgehead atoms. The van der Waals surface area contributed by atoms with Crippen molar-refractivity contribution >= 4 is 0 Å². The van der Waals surface area contributed by atoms with E-state index in [-0.39, 0.29) is 11.6 Å². The molecule has 106 valence electrons. The van der Waals surface area contributed by atoms with Crippen LogP contribution in [0.5, 0.6) is 0 Å². The predicted octanol–water partition coefficient (Wildman–Crippen LogP) is 4.17. The zero-order valence-electron chi connectivity index (χ0n) is 11.8. The van der Waals surface area contributed by atoms with Crippen LogP contribution in [-0.2, 0) is 6.42 Å². The van der Waals surface area contributed by atoms with Gasteiger partial charge < -0.3 is 5.32 Å². The normalized spacial score (nSPS) is 12.4. The van der Waals surface area contributed by atoms with Crippen molar-refractivity contribution in [3.05, 3.63) is 70.8 Å². The summed E-state index contributed by atoms with van der Waals surface area (Å²) in [5.74, 6) is -0.992. The van der Waals surface area contributed by atoms with Crippen molar-refractivity contribution < 1.29 is 8.78 Å². The lowest BCUT2D eigenvalue weighted by Crippen LogP contribution is -2.25. The summed E-state index contributed by atoms with van der Waals surface area (Å²) in [6.07, 6.45) is 0.568. The maximum atomic E-state index is 13.9. The van der Waals surface area contributed by atoms with Gasteiger partial charge in [-0.25, -0.2) is 8.78 Å². The Hall–Kier alpha value is -1.74. The molecule has 2 aromatic carbocycles. The van der Waals surface area contributed by atoms with Gasteiger partial charge in [0.2, 0.25) is 0 Å². The maximum Gasteiger partial charge on any atom is 0.130 e. The second-order valence-corrected chi connectivity index (χ2v) is 4.88. The fourth-order valence-corrected chi connectivity index (χ4v) is 2.43. The van der Waals surface area contributed by atoms with E-state index in [2.05, 4.69) is 5.32 Å². The number of hydrogen-bond acceptors (Lipinski definition) is 1. The van der Waals surface area contributed by atoms with E-state index >= 15 is 0 Å². The van der Waals surface area contributed by atoms with Crippen LogP contribution in [0.2, 0.25) is 0 Å². The van der Waals surface area contributed by atoms with Crippen molar-refractivity contribution in [1.82, 2.24) is 5.32 Å². The van der Waals surface area contributed by atoms with Gasteiger partial charge in [0.15, 0.2) is 0 Å². The van der Waals surface area contributed by atoms with Crippen LogP contribution < -0.4 is 5.32 Å². The first-order chi connectivity index (χ1) is 9.63. The summed E-state index contributed by atoms with van der Waals surface area (Å²) in [4.78, 5) is 0. The third kappa shape index (κ3) is 3.23. The Morgan fingerprint density at radius 3 is 2.25 bits per heavy atom. The topological polar surface area (TPSA) is 12.0 Å². The van der Waals surface area contributed by atoms with Gasteiger partial charge in [-0.3, -0.25) is 0 Å². The second-order valence-electron chi connectivity index (χ2n) is 4.88. The number of halogens is 2. The van der Waals surface area contributed by atoms with Gasteiger partial charge in [0.25, 0.3) is 0 Å². The largest absolute Gasteiger partial charge is 0.310 e. The average Bonchev–Trinajstić information content (AvgIpc) is 2.41. The van der Waals surface area contributed by atoms with E-state index in [9.17, 15) is 8.78 Å². The number of rotatable bonds is 5. The molecule has 0 spiro atoms. The number of aryl methyl sites for hydroxylation is 1. The third-order valence-corrected chi connectivity index (χ3v) is 3.48. The molecule has 0 saturated heterocycles. The van der Waals surface area contributed by atoms with E-state index in [1.165, 1.54) is 18.2 Å². The molecule has 2 rings (SSSR count). The third-order valence-electron chi connectivity index (χ3n) is 3.48. The Morgan fingerprint density at radius 2 is 1.65 bits per heavy atom. The molecule has 0 aromatic heterocycles. The summed E-state index contributed by atoms with van der Waals surface area (Å²) in [5.41, 5.74) is 2.35. The Bertz CT molecular complexity index is 561. The summed E-state index contributed by atoms with van der Waals surface area (Å²) in [7, 11) is 0. The number of hydrogen-bond donors (Lipinski definition) is 1. The van der Waals surface area contributed by atoms with Crippen LogP contribution in [0.15, 0.2) is 42.5 Å². The molecule has 0 saturated carbocycles. The summed E-state index contributed by atoms with van der Waals surface area (Å²) < 4.78 is 27.9. The minimum Gasteiger partial charge on any atom is -0.310 e. The first-order valence-corrected chi connectivity index (χ1v) is 6.85. The van der Waals surface area contributed by atoms with Crippen molar-refractivity contribution in [2.24, 2.45) is 0 Å². The molecule has 20 heavy (non-hydrogen) atoms. The zero-order valence-corrected chi connectivity index (χ0v) is 11.8. The van der Waals surface area contributed by atoms with E-state index in [0.717, 1.165) is 11.1 Å². The Labute approximate surface area is 118 Å². The number of nitrogens with one attached hydrogen (secondary N) is 1. The standard InChI is InChI=1S/C17H19F2N/c1-3-20-16(11-13-8-5-4-7-12(13)2)17-14(18)9-6-10-15(17)19/h4-10,16,20H,3,11H2,1-2H3. The van der Waals surface area contributed by atoms with Crippen LogP contribution in [-0.4, -0.2) is 6.54 Å². The van der Waals surface area contributed by atoms with Gasteiger partial charge in [0.1, 0.15) is 11.6 Å². The lowest BCUT2D eigenvalue weighted by Gasteiger charge is -2.20.